The van der Waals surface area contributed by atoms with Crippen molar-refractivity contribution in [1.29, 1.82) is 0 Å². The summed E-state index contributed by atoms with van der Waals surface area (Å²) in [5.41, 5.74) is 3.07. The minimum absolute atomic E-state index is 0.251. The van der Waals surface area contributed by atoms with E-state index in [0.29, 0.717) is 0 Å². The van der Waals surface area contributed by atoms with Gasteiger partial charge in [-0.1, -0.05) is 6.92 Å². The van der Waals surface area contributed by atoms with Crippen molar-refractivity contribution in [3.05, 3.63) is 17.7 Å². The van der Waals surface area contributed by atoms with Crippen molar-refractivity contribution in [2.45, 2.75) is 65.0 Å². The predicted octanol–water partition coefficient (Wildman–Crippen LogP) is 2.54. The second-order valence-electron chi connectivity index (χ2n) is 5.70. The number of rotatable bonds is 5. The van der Waals surface area contributed by atoms with E-state index in [0.717, 1.165) is 19.5 Å². The molecule has 0 aliphatic heterocycles. The Balaban J connectivity index is 1.89. The summed E-state index contributed by atoms with van der Waals surface area (Å²) >= 11 is 0. The summed E-state index contributed by atoms with van der Waals surface area (Å²) in [6, 6.07) is 0. The van der Waals surface area contributed by atoms with Crippen LogP contribution < -0.4 is 5.32 Å². The van der Waals surface area contributed by atoms with Gasteiger partial charge in [-0.15, -0.1) is 0 Å². The third kappa shape index (κ3) is 3.09. The molecule has 0 amide bonds. The summed E-state index contributed by atoms with van der Waals surface area (Å²) in [5, 5.41) is 3.61. The maximum absolute atomic E-state index is 4.53. The van der Waals surface area contributed by atoms with Gasteiger partial charge in [0.25, 0.3) is 0 Å². The van der Waals surface area contributed by atoms with E-state index in [9.17, 15) is 0 Å². The van der Waals surface area contributed by atoms with Crippen LogP contribution in [0.15, 0.2) is 6.33 Å². The van der Waals surface area contributed by atoms with Crippen molar-refractivity contribution in [2.75, 3.05) is 6.54 Å². The van der Waals surface area contributed by atoms with Crippen LogP contribution in [0.4, 0.5) is 0 Å². The Morgan fingerprint density at radius 3 is 2.88 bits per heavy atom. The molecule has 0 fully saturated rings. The molecule has 3 nitrogen and oxygen atoms in total. The van der Waals surface area contributed by atoms with Crippen LogP contribution in [0.25, 0.3) is 0 Å². The van der Waals surface area contributed by atoms with Gasteiger partial charge in [0, 0.05) is 24.3 Å². The first-order chi connectivity index (χ1) is 8.12. The van der Waals surface area contributed by atoms with Crippen LogP contribution in [-0.4, -0.2) is 21.6 Å². The highest BCUT2D eigenvalue weighted by molar-refractivity contribution is 5.16. The normalized spacial score (nSPS) is 15.9. The SMILES string of the molecule is CCC(C)(C)NCCn1cnc2c1CCCC2. The molecule has 0 aromatic carbocycles. The second kappa shape index (κ2) is 5.21. The third-order valence-corrected chi connectivity index (χ3v) is 3.95. The van der Waals surface area contributed by atoms with Crippen LogP contribution in [0.3, 0.4) is 0 Å². The number of nitrogens with one attached hydrogen (secondary N) is 1. The number of nitrogens with zero attached hydrogens (tertiary/aromatic N) is 2. The van der Waals surface area contributed by atoms with Crippen molar-refractivity contribution >= 4 is 0 Å². The average molecular weight is 235 g/mol. The van der Waals surface area contributed by atoms with Gasteiger partial charge in [-0.3, -0.25) is 0 Å². The van der Waals surface area contributed by atoms with Crippen LogP contribution in [0.2, 0.25) is 0 Å². The van der Waals surface area contributed by atoms with Crippen LogP contribution in [0, 0.1) is 0 Å². The highest BCUT2D eigenvalue weighted by Gasteiger charge is 2.16. The topological polar surface area (TPSA) is 29.9 Å². The van der Waals surface area contributed by atoms with E-state index in [2.05, 4.69) is 35.6 Å². The Labute approximate surface area is 105 Å². The van der Waals surface area contributed by atoms with Gasteiger partial charge in [0.1, 0.15) is 0 Å². The molecule has 2 rings (SSSR count). The van der Waals surface area contributed by atoms with E-state index in [1.165, 1.54) is 37.1 Å². The Morgan fingerprint density at radius 2 is 2.12 bits per heavy atom. The molecule has 96 valence electrons. The summed E-state index contributed by atoms with van der Waals surface area (Å²) in [6.45, 7) is 8.83. The minimum atomic E-state index is 0.251. The smallest absolute Gasteiger partial charge is 0.0952 e. The molecule has 1 aliphatic carbocycles. The molecule has 3 heteroatoms. The van der Waals surface area contributed by atoms with Crippen molar-refractivity contribution in [3.8, 4) is 0 Å². The van der Waals surface area contributed by atoms with Gasteiger partial charge in [0.15, 0.2) is 0 Å². The first-order valence-corrected chi connectivity index (χ1v) is 6.90. The lowest BCUT2D eigenvalue weighted by Gasteiger charge is -2.25. The molecule has 1 heterocycles. The van der Waals surface area contributed by atoms with Gasteiger partial charge in [-0.25, -0.2) is 4.98 Å². The van der Waals surface area contributed by atoms with Crippen LogP contribution in [-0.2, 0) is 19.4 Å². The molecule has 1 aromatic rings. The summed E-state index contributed by atoms with van der Waals surface area (Å²) in [7, 11) is 0. The van der Waals surface area contributed by atoms with Gasteiger partial charge < -0.3 is 9.88 Å². The van der Waals surface area contributed by atoms with Gasteiger partial charge in [0.2, 0.25) is 0 Å². The molecule has 0 spiro atoms. The average Bonchev–Trinajstić information content (AvgIpc) is 2.73. The highest BCUT2D eigenvalue weighted by atomic mass is 15.1. The largest absolute Gasteiger partial charge is 0.333 e. The lowest BCUT2D eigenvalue weighted by atomic mass is 10.0. The quantitative estimate of drug-likeness (QED) is 0.850. The van der Waals surface area contributed by atoms with E-state index in [1.54, 1.807) is 0 Å². The fourth-order valence-electron chi connectivity index (χ4n) is 2.36. The molecule has 0 unspecified atom stereocenters. The molecule has 0 saturated carbocycles. The fraction of sp³-hybridized carbons (Fsp3) is 0.786. The van der Waals surface area contributed by atoms with Crippen molar-refractivity contribution in [1.82, 2.24) is 14.9 Å². The monoisotopic (exact) mass is 235 g/mol. The Morgan fingerprint density at radius 1 is 1.35 bits per heavy atom. The minimum Gasteiger partial charge on any atom is -0.333 e. The van der Waals surface area contributed by atoms with Crippen molar-refractivity contribution in [2.24, 2.45) is 0 Å². The molecule has 1 N–H and O–H groups in total. The highest BCUT2D eigenvalue weighted by Crippen LogP contribution is 2.19. The number of hydrogen-bond acceptors (Lipinski definition) is 2. The van der Waals surface area contributed by atoms with E-state index in [1.807, 2.05) is 6.33 Å². The maximum atomic E-state index is 4.53. The number of aromatic nitrogens is 2. The van der Waals surface area contributed by atoms with Crippen LogP contribution in [0.1, 0.15) is 51.4 Å². The van der Waals surface area contributed by atoms with E-state index < -0.39 is 0 Å². The van der Waals surface area contributed by atoms with Gasteiger partial charge in [0.05, 0.1) is 12.0 Å². The lowest BCUT2D eigenvalue weighted by molar-refractivity contribution is 0.366. The molecule has 0 atom stereocenters. The molecule has 0 bridgehead atoms. The van der Waals surface area contributed by atoms with E-state index >= 15 is 0 Å². The van der Waals surface area contributed by atoms with Gasteiger partial charge >= 0.3 is 0 Å². The summed E-state index contributed by atoms with van der Waals surface area (Å²) < 4.78 is 2.34. The Bertz CT molecular complexity index is 366. The van der Waals surface area contributed by atoms with Crippen LogP contribution in [0.5, 0.6) is 0 Å². The molecule has 1 aliphatic rings. The van der Waals surface area contributed by atoms with E-state index in [-0.39, 0.29) is 5.54 Å². The fourth-order valence-corrected chi connectivity index (χ4v) is 2.36. The Hall–Kier alpha value is -0.830. The number of imidazole rings is 1. The molecular formula is C14H25N3. The zero-order chi connectivity index (χ0) is 12.3. The number of hydrogen-bond donors (Lipinski definition) is 1. The van der Waals surface area contributed by atoms with E-state index in [4.69, 9.17) is 0 Å². The zero-order valence-electron chi connectivity index (χ0n) is 11.4. The van der Waals surface area contributed by atoms with Crippen molar-refractivity contribution in [3.63, 3.8) is 0 Å². The molecule has 0 radical (unpaired) electrons. The third-order valence-electron chi connectivity index (χ3n) is 3.95. The zero-order valence-corrected chi connectivity index (χ0v) is 11.4. The predicted molar refractivity (Wildman–Crippen MR) is 71.2 cm³/mol. The molecular weight excluding hydrogens is 210 g/mol. The molecule has 1 aromatic heterocycles. The van der Waals surface area contributed by atoms with Gasteiger partial charge in [-0.2, -0.15) is 0 Å². The van der Waals surface area contributed by atoms with Crippen molar-refractivity contribution < 1.29 is 0 Å². The summed E-state index contributed by atoms with van der Waals surface area (Å²) in [4.78, 5) is 4.53. The van der Waals surface area contributed by atoms with Crippen LogP contribution >= 0.6 is 0 Å². The summed E-state index contributed by atoms with van der Waals surface area (Å²) in [5.74, 6) is 0. The second-order valence-corrected chi connectivity index (χ2v) is 5.70. The Kier molecular flexibility index (Phi) is 3.87. The molecule has 0 saturated heterocycles. The first kappa shape index (κ1) is 12.6. The number of fused-ring (bicyclic) bond motifs is 1. The maximum Gasteiger partial charge on any atom is 0.0952 e. The standard InChI is InChI=1S/C14H25N3/c1-4-14(2,3)16-9-10-17-11-15-12-7-5-6-8-13(12)17/h11,16H,4-10H2,1-3H3. The molecule has 17 heavy (non-hydrogen) atoms. The summed E-state index contributed by atoms with van der Waals surface area (Å²) in [6.07, 6.45) is 8.21. The first-order valence-electron chi connectivity index (χ1n) is 6.90. The van der Waals surface area contributed by atoms with Gasteiger partial charge in [-0.05, 0) is 46.0 Å². The lowest BCUT2D eigenvalue weighted by Crippen LogP contribution is -2.40. The number of aryl methyl sites for hydroxylation is 1.